The number of carbonyl (C=O) groups is 2. The van der Waals surface area contributed by atoms with Gasteiger partial charge in [0.05, 0.1) is 6.61 Å². The average molecular weight is 417 g/mol. The van der Waals surface area contributed by atoms with E-state index in [1.165, 1.54) is 0 Å². The predicted octanol–water partition coefficient (Wildman–Crippen LogP) is 4.35. The van der Waals surface area contributed by atoms with E-state index in [1.807, 2.05) is 45.0 Å². The number of ether oxygens (including phenoxy) is 2. The number of rotatable bonds is 6. The van der Waals surface area contributed by atoms with Gasteiger partial charge >= 0.3 is 12.1 Å². The van der Waals surface area contributed by atoms with Gasteiger partial charge in [-0.2, -0.15) is 0 Å². The Morgan fingerprint density at radius 1 is 1.27 bits per heavy atom. The number of hydrogen-bond donors (Lipinski definition) is 1. The molecule has 0 aliphatic carbocycles. The van der Waals surface area contributed by atoms with E-state index in [-0.39, 0.29) is 11.9 Å². The zero-order valence-electron chi connectivity index (χ0n) is 18.3. The molecule has 1 N–H and O–H groups in total. The summed E-state index contributed by atoms with van der Waals surface area (Å²) >= 11 is 0. The molecule has 1 saturated heterocycles. The summed E-state index contributed by atoms with van der Waals surface area (Å²) in [5.41, 5.74) is 1.05. The predicted molar refractivity (Wildman–Crippen MR) is 114 cm³/mol. The van der Waals surface area contributed by atoms with Gasteiger partial charge in [0, 0.05) is 30.6 Å². The first kappa shape index (κ1) is 22.2. The minimum absolute atomic E-state index is 0.284. The topological polar surface area (TPSA) is 81.0 Å². The number of fused-ring (bicyclic) bond motifs is 1. The summed E-state index contributed by atoms with van der Waals surface area (Å²) in [5.74, 6) is 0.186. The van der Waals surface area contributed by atoms with Crippen molar-refractivity contribution in [3.8, 4) is 0 Å². The van der Waals surface area contributed by atoms with Crippen LogP contribution in [0.1, 0.15) is 56.7 Å². The van der Waals surface area contributed by atoms with Gasteiger partial charge in [-0.25, -0.2) is 9.59 Å². The fraction of sp³-hybridized carbons (Fsp3) is 0.565. The highest BCUT2D eigenvalue weighted by Crippen LogP contribution is 2.29. The summed E-state index contributed by atoms with van der Waals surface area (Å²) < 4.78 is 16.4. The lowest BCUT2D eigenvalue weighted by Crippen LogP contribution is -2.42. The summed E-state index contributed by atoms with van der Waals surface area (Å²) in [6.07, 6.45) is 1.69. The monoisotopic (exact) mass is 416 g/mol. The van der Waals surface area contributed by atoms with Crippen molar-refractivity contribution in [2.75, 3.05) is 26.2 Å². The van der Waals surface area contributed by atoms with Gasteiger partial charge in [-0.3, -0.25) is 4.90 Å². The fourth-order valence-electron chi connectivity index (χ4n) is 3.84. The summed E-state index contributed by atoms with van der Waals surface area (Å²) in [6.45, 7) is 10.6. The van der Waals surface area contributed by atoms with E-state index >= 15 is 0 Å². The van der Waals surface area contributed by atoms with Crippen LogP contribution in [0.4, 0.5) is 4.79 Å². The molecule has 0 spiro atoms. The van der Waals surface area contributed by atoms with Crippen molar-refractivity contribution in [3.63, 3.8) is 0 Å². The molecule has 0 radical (unpaired) electrons. The number of piperidine rings is 1. The highest BCUT2D eigenvalue weighted by atomic mass is 16.6. The van der Waals surface area contributed by atoms with E-state index in [9.17, 15) is 9.59 Å². The molecule has 30 heavy (non-hydrogen) atoms. The summed E-state index contributed by atoms with van der Waals surface area (Å²) in [4.78, 5) is 26.7. The van der Waals surface area contributed by atoms with Crippen LogP contribution < -0.4 is 5.32 Å². The van der Waals surface area contributed by atoms with Crippen molar-refractivity contribution in [2.45, 2.75) is 52.7 Å². The molecule has 1 aliphatic rings. The van der Waals surface area contributed by atoms with E-state index in [4.69, 9.17) is 13.9 Å². The largest absolute Gasteiger partial charge is 0.460 e. The number of likely N-dealkylation sites (tertiary alicyclic amines) is 1. The number of nitrogens with one attached hydrogen (secondary N) is 1. The van der Waals surface area contributed by atoms with Crippen LogP contribution in [-0.4, -0.2) is 48.8 Å². The summed E-state index contributed by atoms with van der Waals surface area (Å²) in [5, 5.41) is 3.82. The number of carbonyl (C=O) groups excluding carboxylic acids is 2. The second-order valence-corrected chi connectivity index (χ2v) is 8.75. The Hall–Kier alpha value is -2.54. The van der Waals surface area contributed by atoms with Crippen molar-refractivity contribution in [2.24, 2.45) is 5.92 Å². The first-order valence-corrected chi connectivity index (χ1v) is 10.6. The second-order valence-electron chi connectivity index (χ2n) is 8.75. The maximum atomic E-state index is 12.4. The van der Waals surface area contributed by atoms with Crippen LogP contribution in [0.25, 0.3) is 11.0 Å². The van der Waals surface area contributed by atoms with Crippen molar-refractivity contribution >= 4 is 23.0 Å². The van der Waals surface area contributed by atoms with Crippen LogP contribution in [-0.2, 0) is 16.0 Å². The Labute approximate surface area is 177 Å². The second kappa shape index (κ2) is 9.51. The third-order valence-electron chi connectivity index (χ3n) is 5.08. The molecule has 0 saturated carbocycles. The minimum Gasteiger partial charge on any atom is -0.460 e. The average Bonchev–Trinajstić information content (AvgIpc) is 3.04. The maximum Gasteiger partial charge on any atom is 0.407 e. The molecule has 2 aromatic rings. The Bertz CT molecular complexity index is 883. The van der Waals surface area contributed by atoms with E-state index in [2.05, 4.69) is 10.2 Å². The Kier molecular flexibility index (Phi) is 7.02. The number of nitrogens with zero attached hydrogens (tertiary/aromatic N) is 1. The summed E-state index contributed by atoms with van der Waals surface area (Å²) in [7, 11) is 0. The third kappa shape index (κ3) is 5.75. The number of amides is 1. The zero-order chi connectivity index (χ0) is 21.7. The van der Waals surface area contributed by atoms with Gasteiger partial charge in [0.15, 0.2) is 0 Å². The van der Waals surface area contributed by atoms with Crippen LogP contribution in [0.15, 0.2) is 28.7 Å². The van der Waals surface area contributed by atoms with Crippen LogP contribution >= 0.6 is 0 Å². The maximum absolute atomic E-state index is 12.4. The van der Waals surface area contributed by atoms with Gasteiger partial charge in [-0.05, 0) is 59.1 Å². The minimum atomic E-state index is -0.505. The number of alkyl carbamates (subject to hydrolysis) is 1. The quantitative estimate of drug-likeness (QED) is 0.705. The van der Waals surface area contributed by atoms with E-state index in [1.54, 1.807) is 6.92 Å². The molecule has 1 aromatic heterocycles. The lowest BCUT2D eigenvalue weighted by atomic mass is 9.97. The van der Waals surface area contributed by atoms with Gasteiger partial charge in [0.2, 0.25) is 5.76 Å². The van der Waals surface area contributed by atoms with Crippen LogP contribution in [0.3, 0.4) is 0 Å². The smallest absolute Gasteiger partial charge is 0.407 e. The molecule has 7 nitrogen and oxygen atoms in total. The van der Waals surface area contributed by atoms with E-state index in [0.29, 0.717) is 31.2 Å². The van der Waals surface area contributed by atoms with Gasteiger partial charge in [-0.15, -0.1) is 0 Å². The highest BCUT2D eigenvalue weighted by molar-refractivity contribution is 5.96. The lowest BCUT2D eigenvalue weighted by molar-refractivity contribution is 0.0478. The van der Waals surface area contributed by atoms with Gasteiger partial charge in [-0.1, -0.05) is 18.2 Å². The van der Waals surface area contributed by atoms with Crippen molar-refractivity contribution < 1.29 is 23.5 Å². The van der Waals surface area contributed by atoms with Crippen molar-refractivity contribution in [3.05, 3.63) is 35.6 Å². The Morgan fingerprint density at radius 2 is 2.03 bits per heavy atom. The highest BCUT2D eigenvalue weighted by Gasteiger charge is 2.27. The molecule has 2 heterocycles. The molecule has 7 heteroatoms. The first-order chi connectivity index (χ1) is 14.3. The molecule has 1 aliphatic heterocycles. The molecule has 1 aromatic carbocycles. The van der Waals surface area contributed by atoms with E-state index < -0.39 is 11.6 Å². The molecular formula is C23H32N2O5. The number of esters is 1. The molecular weight excluding hydrogens is 384 g/mol. The molecule has 1 unspecified atom stereocenters. The van der Waals surface area contributed by atoms with Crippen molar-refractivity contribution in [1.82, 2.24) is 10.2 Å². The molecule has 1 atom stereocenters. The fourth-order valence-corrected chi connectivity index (χ4v) is 3.84. The zero-order valence-corrected chi connectivity index (χ0v) is 18.3. The molecule has 1 fully saturated rings. The Morgan fingerprint density at radius 3 is 2.77 bits per heavy atom. The van der Waals surface area contributed by atoms with Crippen LogP contribution in [0, 0.1) is 5.92 Å². The number of hydrogen-bond acceptors (Lipinski definition) is 6. The first-order valence-electron chi connectivity index (χ1n) is 10.6. The van der Waals surface area contributed by atoms with Crippen LogP contribution in [0.2, 0.25) is 0 Å². The van der Waals surface area contributed by atoms with Gasteiger partial charge < -0.3 is 19.2 Å². The Balaban J connectivity index is 1.67. The molecule has 164 valence electrons. The molecule has 0 bridgehead atoms. The SMILES string of the molecule is CCOC(=O)c1oc2ccccc2c1CN1CCCC(CNC(=O)OC(C)(C)C)C1. The van der Waals surface area contributed by atoms with Gasteiger partial charge in [0.1, 0.15) is 11.2 Å². The third-order valence-corrected chi connectivity index (χ3v) is 5.08. The number of benzene rings is 1. The lowest BCUT2D eigenvalue weighted by Gasteiger charge is -2.33. The normalized spacial score (nSPS) is 17.7. The van der Waals surface area contributed by atoms with Crippen LogP contribution in [0.5, 0.6) is 0 Å². The number of furan rings is 1. The van der Waals surface area contributed by atoms with Crippen molar-refractivity contribution in [1.29, 1.82) is 0 Å². The standard InChI is InChI=1S/C23H32N2O5/c1-5-28-21(26)20-18(17-10-6-7-11-19(17)29-20)15-25-12-8-9-16(14-25)13-24-22(27)30-23(2,3)4/h6-7,10-11,16H,5,8-9,12-15H2,1-4H3,(H,24,27). The molecule has 3 rings (SSSR count). The van der Waals surface area contributed by atoms with E-state index in [0.717, 1.165) is 36.9 Å². The summed E-state index contributed by atoms with van der Waals surface area (Å²) in [6, 6.07) is 7.68. The number of para-hydroxylation sites is 1. The van der Waals surface area contributed by atoms with Gasteiger partial charge in [0.25, 0.3) is 0 Å². The molecule has 1 amide bonds.